The molecule has 0 atom stereocenters. The van der Waals surface area contributed by atoms with Crippen LogP contribution < -0.4 is 0 Å². The highest BCUT2D eigenvalue weighted by atomic mass is 79.9. The highest BCUT2D eigenvalue weighted by molar-refractivity contribution is 9.09. The summed E-state index contributed by atoms with van der Waals surface area (Å²) in [5.41, 5.74) is 0. The molecule has 4 bridgehead atoms. The van der Waals surface area contributed by atoms with Gasteiger partial charge in [-0.05, 0) is 55.8 Å². The van der Waals surface area contributed by atoms with Crippen LogP contribution in [0.15, 0.2) is 0 Å². The van der Waals surface area contributed by atoms with Gasteiger partial charge in [0.1, 0.15) is 0 Å². The first kappa shape index (κ1) is 14.7. The van der Waals surface area contributed by atoms with Gasteiger partial charge in [-0.25, -0.2) is 8.78 Å². The fourth-order valence-corrected chi connectivity index (χ4v) is 5.53. The Morgan fingerprint density at radius 3 is 2.10 bits per heavy atom. The third kappa shape index (κ3) is 2.75. The van der Waals surface area contributed by atoms with E-state index in [0.717, 1.165) is 37.5 Å². The van der Waals surface area contributed by atoms with E-state index < -0.39 is 13.0 Å². The highest BCUT2D eigenvalue weighted by Gasteiger charge is 2.51. The van der Waals surface area contributed by atoms with E-state index in [1.54, 1.807) is 0 Å². The van der Waals surface area contributed by atoms with Crippen LogP contribution in [0.2, 0.25) is 0 Å². The van der Waals surface area contributed by atoms with Gasteiger partial charge in [0.25, 0.3) is 6.43 Å². The predicted molar refractivity (Wildman–Crippen MR) is 76.9 cm³/mol. The molecule has 4 fully saturated rings. The van der Waals surface area contributed by atoms with Crippen molar-refractivity contribution in [1.29, 1.82) is 0 Å². The Morgan fingerprint density at radius 2 is 1.65 bits per heavy atom. The summed E-state index contributed by atoms with van der Waals surface area (Å²) in [6.07, 6.45) is 3.52. The molecule has 0 N–H and O–H groups in total. The highest BCUT2D eigenvalue weighted by Crippen LogP contribution is 2.56. The molecule has 0 aliphatic heterocycles. The van der Waals surface area contributed by atoms with Crippen molar-refractivity contribution >= 4 is 21.8 Å². The Morgan fingerprint density at radius 1 is 1.10 bits per heavy atom. The molecule has 4 aliphatic carbocycles. The van der Waals surface area contributed by atoms with Crippen LogP contribution in [0, 0.1) is 29.6 Å². The summed E-state index contributed by atoms with van der Waals surface area (Å²) in [7, 11) is 0. The first-order chi connectivity index (χ1) is 9.58. The zero-order valence-corrected chi connectivity index (χ0v) is 13.2. The third-order valence-corrected chi connectivity index (χ3v) is 5.89. The van der Waals surface area contributed by atoms with Gasteiger partial charge in [-0.15, -0.1) is 0 Å². The summed E-state index contributed by atoms with van der Waals surface area (Å²) in [5, 5.41) is 0.568. The van der Waals surface area contributed by atoms with Crippen molar-refractivity contribution in [3.05, 3.63) is 0 Å². The van der Waals surface area contributed by atoms with Crippen molar-refractivity contribution in [2.75, 3.05) is 18.4 Å². The van der Waals surface area contributed by atoms with E-state index in [1.165, 1.54) is 11.3 Å². The molecule has 0 aromatic heterocycles. The number of hydrogen-bond acceptors (Lipinski definition) is 1. The number of amides is 1. The third-order valence-electron chi connectivity index (χ3n) is 5.54. The summed E-state index contributed by atoms with van der Waals surface area (Å²) in [5.74, 6) is 2.57. The molecular formula is C15H22BrF2NO. The maximum atomic E-state index is 12.7. The molecule has 0 radical (unpaired) electrons. The first-order valence-electron chi connectivity index (χ1n) is 7.71. The molecule has 0 aromatic carbocycles. The molecule has 0 aromatic rings. The standard InChI is InChI=1S/C15H22BrF2NO/c16-1-2-19(8-13(17)18)15(20)14-11-4-9-3-10(6-11)7-12(14)5-9/h9-14H,1-8H2. The molecule has 0 spiro atoms. The van der Waals surface area contributed by atoms with Gasteiger partial charge >= 0.3 is 0 Å². The predicted octanol–water partition coefficient (Wildman–Crippen LogP) is 3.55. The smallest absolute Gasteiger partial charge is 0.255 e. The van der Waals surface area contributed by atoms with E-state index in [2.05, 4.69) is 15.9 Å². The average Bonchev–Trinajstić information content (AvgIpc) is 2.36. The van der Waals surface area contributed by atoms with Gasteiger partial charge in [-0.3, -0.25) is 4.79 Å². The van der Waals surface area contributed by atoms with E-state index in [-0.39, 0.29) is 11.8 Å². The molecule has 1 amide bonds. The monoisotopic (exact) mass is 349 g/mol. The van der Waals surface area contributed by atoms with Crippen LogP contribution in [0.1, 0.15) is 32.1 Å². The maximum Gasteiger partial charge on any atom is 0.255 e. The lowest BCUT2D eigenvalue weighted by Crippen LogP contribution is -2.52. The van der Waals surface area contributed by atoms with Gasteiger partial charge in [-0.1, -0.05) is 15.9 Å². The number of carbonyl (C=O) groups excluding carboxylic acids is 1. The van der Waals surface area contributed by atoms with Gasteiger partial charge in [0.2, 0.25) is 5.91 Å². The summed E-state index contributed by atoms with van der Waals surface area (Å²) >= 11 is 3.27. The van der Waals surface area contributed by atoms with Gasteiger partial charge < -0.3 is 4.90 Å². The van der Waals surface area contributed by atoms with Gasteiger partial charge in [0, 0.05) is 17.8 Å². The summed E-state index contributed by atoms with van der Waals surface area (Å²) in [4.78, 5) is 14.1. The Kier molecular flexibility index (Phi) is 4.34. The molecule has 20 heavy (non-hydrogen) atoms. The van der Waals surface area contributed by atoms with Crippen molar-refractivity contribution in [3.8, 4) is 0 Å². The van der Waals surface area contributed by atoms with Crippen LogP contribution in [0.4, 0.5) is 8.78 Å². The number of alkyl halides is 3. The largest absolute Gasteiger partial charge is 0.336 e. The first-order valence-corrected chi connectivity index (χ1v) is 8.83. The van der Waals surface area contributed by atoms with Gasteiger partial charge in [0.15, 0.2) is 0 Å². The second-order valence-electron chi connectivity index (χ2n) is 6.82. The number of rotatable bonds is 5. The fourth-order valence-electron chi connectivity index (χ4n) is 5.10. The Hall–Kier alpha value is -0.190. The molecule has 2 nitrogen and oxygen atoms in total. The van der Waals surface area contributed by atoms with E-state index in [1.807, 2.05) is 0 Å². The Balaban J connectivity index is 1.72. The lowest BCUT2D eigenvalue weighted by atomic mass is 9.51. The summed E-state index contributed by atoms with van der Waals surface area (Å²) in [6.45, 7) is -0.0147. The quantitative estimate of drug-likeness (QED) is 0.695. The lowest BCUT2D eigenvalue weighted by molar-refractivity contribution is -0.150. The van der Waals surface area contributed by atoms with Crippen LogP contribution in [-0.4, -0.2) is 35.7 Å². The van der Waals surface area contributed by atoms with Crippen LogP contribution in [0.5, 0.6) is 0 Å². The van der Waals surface area contributed by atoms with E-state index in [0.29, 0.717) is 23.7 Å². The van der Waals surface area contributed by atoms with Crippen molar-refractivity contribution in [2.45, 2.75) is 38.5 Å². The van der Waals surface area contributed by atoms with Crippen molar-refractivity contribution in [2.24, 2.45) is 29.6 Å². The lowest BCUT2D eigenvalue weighted by Gasteiger charge is -2.54. The maximum absolute atomic E-state index is 12.7. The van der Waals surface area contributed by atoms with Crippen LogP contribution >= 0.6 is 15.9 Å². The minimum Gasteiger partial charge on any atom is -0.336 e. The number of hydrogen-bond donors (Lipinski definition) is 0. The van der Waals surface area contributed by atoms with Crippen LogP contribution in [-0.2, 0) is 4.79 Å². The van der Waals surface area contributed by atoms with Crippen molar-refractivity contribution < 1.29 is 13.6 Å². The second kappa shape index (κ2) is 5.90. The van der Waals surface area contributed by atoms with Crippen LogP contribution in [0.3, 0.4) is 0 Å². The summed E-state index contributed by atoms with van der Waals surface area (Å²) in [6, 6.07) is 0. The minimum absolute atomic E-state index is 0.00134. The number of carbonyl (C=O) groups is 1. The van der Waals surface area contributed by atoms with E-state index in [9.17, 15) is 13.6 Å². The zero-order chi connectivity index (χ0) is 14.3. The zero-order valence-electron chi connectivity index (χ0n) is 11.6. The normalized spacial score (nSPS) is 38.5. The topological polar surface area (TPSA) is 20.3 Å². The van der Waals surface area contributed by atoms with Gasteiger partial charge in [-0.2, -0.15) is 0 Å². The van der Waals surface area contributed by atoms with E-state index >= 15 is 0 Å². The molecule has 114 valence electrons. The Labute approximate surface area is 127 Å². The molecule has 4 rings (SSSR count). The van der Waals surface area contributed by atoms with Crippen molar-refractivity contribution in [1.82, 2.24) is 4.90 Å². The summed E-state index contributed by atoms with van der Waals surface area (Å²) < 4.78 is 25.4. The van der Waals surface area contributed by atoms with Crippen molar-refractivity contribution in [3.63, 3.8) is 0 Å². The molecule has 0 heterocycles. The van der Waals surface area contributed by atoms with E-state index in [4.69, 9.17) is 0 Å². The number of nitrogens with zero attached hydrogens (tertiary/aromatic N) is 1. The fraction of sp³-hybridized carbons (Fsp3) is 0.933. The molecule has 4 aliphatic rings. The molecule has 5 heteroatoms. The van der Waals surface area contributed by atoms with Crippen LogP contribution in [0.25, 0.3) is 0 Å². The minimum atomic E-state index is -2.44. The molecular weight excluding hydrogens is 328 g/mol. The van der Waals surface area contributed by atoms with Gasteiger partial charge in [0.05, 0.1) is 6.54 Å². The molecule has 4 saturated carbocycles. The molecule has 0 unspecified atom stereocenters. The SMILES string of the molecule is O=C(C1C2CC3CC(C2)CC1C3)N(CCBr)CC(F)F. The second-order valence-corrected chi connectivity index (χ2v) is 7.61. The Bertz CT molecular complexity index is 349. The average molecular weight is 350 g/mol. The molecule has 0 saturated heterocycles. The number of halogens is 3.